The Kier molecular flexibility index (Phi) is 23.9. The molecular weight excluding hydrogens is 917 g/mol. The van der Waals surface area contributed by atoms with Crippen molar-refractivity contribution in [2.45, 2.75) is 178 Å². The van der Waals surface area contributed by atoms with Crippen LogP contribution in [-0.4, -0.2) is 177 Å². The lowest BCUT2D eigenvalue weighted by Gasteiger charge is -2.34. The van der Waals surface area contributed by atoms with Crippen molar-refractivity contribution in [3.8, 4) is 0 Å². The van der Waals surface area contributed by atoms with E-state index in [1.54, 1.807) is 0 Å². The summed E-state index contributed by atoms with van der Waals surface area (Å²) in [5.41, 5.74) is 22.8. The highest BCUT2D eigenvalue weighted by atomic mass is 16.4. The predicted octanol–water partition coefficient (Wildman–Crippen LogP) is -3.14. The van der Waals surface area contributed by atoms with Gasteiger partial charge in [0.2, 0.25) is 53.2 Å². The summed E-state index contributed by atoms with van der Waals surface area (Å²) in [5.74, 6) is -9.51. The molecule has 3 aliphatic heterocycles. The van der Waals surface area contributed by atoms with E-state index >= 15 is 0 Å². The van der Waals surface area contributed by atoms with Crippen LogP contribution in [0, 0.1) is 5.92 Å². The molecule has 3 aliphatic rings. The highest BCUT2D eigenvalue weighted by Crippen LogP contribution is 2.27. The lowest BCUT2D eigenvalue weighted by molar-refractivity contribution is -0.148. The zero-order valence-corrected chi connectivity index (χ0v) is 40.7. The van der Waals surface area contributed by atoms with Crippen molar-refractivity contribution in [2.24, 2.45) is 28.9 Å². The lowest BCUT2D eigenvalue weighted by atomic mass is 10.0. The third kappa shape index (κ3) is 17.5. The van der Waals surface area contributed by atoms with Crippen molar-refractivity contribution in [1.82, 2.24) is 41.3 Å². The average Bonchev–Trinajstić information content (AvgIpc) is 4.11. The van der Waals surface area contributed by atoms with Crippen molar-refractivity contribution >= 4 is 65.1 Å². The molecule has 0 bridgehead atoms. The molecule has 0 unspecified atom stereocenters. The highest BCUT2D eigenvalue weighted by Gasteiger charge is 2.45. The van der Waals surface area contributed by atoms with Gasteiger partial charge in [0.25, 0.3) is 0 Å². The first kappa shape index (κ1) is 58.4. The predicted molar refractivity (Wildman–Crippen MR) is 251 cm³/mol. The van der Waals surface area contributed by atoms with Crippen molar-refractivity contribution < 1.29 is 63.0 Å². The van der Waals surface area contributed by atoms with Gasteiger partial charge in [-0.15, -0.1) is 0 Å². The van der Waals surface area contributed by atoms with Gasteiger partial charge in [-0.25, -0.2) is 0 Å². The van der Waals surface area contributed by atoms with E-state index in [4.69, 9.17) is 22.9 Å². The number of hydrogen-bond acceptors (Lipinski definition) is 14. The van der Waals surface area contributed by atoms with Gasteiger partial charge in [-0.2, -0.15) is 0 Å². The fourth-order valence-electron chi connectivity index (χ4n) is 8.99. The molecule has 0 aromatic rings. The second kappa shape index (κ2) is 28.6. The standard InChI is InChI=1S/C45H76N12O13/c1-25(2)23-31(54-41(65)32-13-8-20-55(32)42(66)27(48)11-4-6-18-46)43(67)57-22-10-15-34(57)44(68)56-21-9-14-33(56)40(64)52-29(16-17-36(59)60)38(62)53-30(24-35(49)58)39(63)51-28(12-5-7-19-47)37(61)50-26(3)45(69)70/h25-34H,4-24,46-48H2,1-3H3,(H2,49,58)(H,50,61)(H,51,63)(H,52,64)(H,53,62)(H,54,65)(H,59,60)(H,69,70)/t26-,27-,28-,29-,30-,31-,32-,33-,34-/m0/s1. The minimum atomic E-state index is -1.73. The second-order valence-corrected chi connectivity index (χ2v) is 18.8. The smallest absolute Gasteiger partial charge is 0.325 e. The van der Waals surface area contributed by atoms with Crippen LogP contribution in [0.1, 0.15) is 124 Å². The number of aliphatic carboxylic acids is 2. The zero-order valence-electron chi connectivity index (χ0n) is 40.7. The summed E-state index contributed by atoms with van der Waals surface area (Å²) < 4.78 is 0. The number of carbonyl (C=O) groups is 11. The number of unbranched alkanes of at least 4 members (excludes halogenated alkanes) is 2. The minimum Gasteiger partial charge on any atom is -0.481 e. The van der Waals surface area contributed by atoms with Crippen LogP contribution in [-0.2, 0) is 52.7 Å². The molecule has 3 fully saturated rings. The van der Waals surface area contributed by atoms with Gasteiger partial charge in [0.1, 0.15) is 48.3 Å². The highest BCUT2D eigenvalue weighted by molar-refractivity contribution is 5.99. The summed E-state index contributed by atoms with van der Waals surface area (Å²) in [6.07, 6.45) is 3.05. The summed E-state index contributed by atoms with van der Waals surface area (Å²) in [7, 11) is 0. The van der Waals surface area contributed by atoms with E-state index < -0.39 is 133 Å². The molecule has 25 nitrogen and oxygen atoms in total. The quantitative estimate of drug-likeness (QED) is 0.0330. The molecule has 3 heterocycles. The molecule has 0 aliphatic carbocycles. The lowest BCUT2D eigenvalue weighted by Crippen LogP contribution is -2.60. The molecule has 0 aromatic heterocycles. The SMILES string of the molecule is CC(C)C[C@H](NC(=O)[C@@H]1CCCN1C(=O)[C@@H](N)CCCCN)C(=O)N1CCC[C@H]1C(=O)N1CCC[C@H]1C(=O)N[C@@H](CCC(=O)O)C(=O)N[C@@H](CC(N)=O)C(=O)N[C@@H](CCCCN)C(=O)N[C@@H](C)C(=O)O. The molecule has 15 N–H and O–H groups in total. The summed E-state index contributed by atoms with van der Waals surface area (Å²) in [6.45, 7) is 6.32. The molecule has 0 saturated carbocycles. The number of likely N-dealkylation sites (tertiary alicyclic amines) is 3. The average molecular weight is 993 g/mol. The summed E-state index contributed by atoms with van der Waals surface area (Å²) >= 11 is 0. The third-order valence-corrected chi connectivity index (χ3v) is 12.7. The Bertz CT molecular complexity index is 1890. The van der Waals surface area contributed by atoms with E-state index in [0.717, 1.165) is 0 Å². The van der Waals surface area contributed by atoms with Crippen molar-refractivity contribution in [2.75, 3.05) is 32.7 Å². The van der Waals surface area contributed by atoms with Crippen LogP contribution in [0.25, 0.3) is 0 Å². The van der Waals surface area contributed by atoms with Gasteiger partial charge in [0.15, 0.2) is 0 Å². The number of carbonyl (C=O) groups excluding carboxylic acids is 9. The van der Waals surface area contributed by atoms with Gasteiger partial charge in [-0.05, 0) is 109 Å². The molecule has 9 atom stereocenters. The normalized spacial score (nSPS) is 20.4. The monoisotopic (exact) mass is 993 g/mol. The number of carboxylic acid groups (broad SMARTS) is 2. The first-order valence-electron chi connectivity index (χ1n) is 24.4. The van der Waals surface area contributed by atoms with Crippen LogP contribution in [0.2, 0.25) is 0 Å². The van der Waals surface area contributed by atoms with Crippen LogP contribution in [0.3, 0.4) is 0 Å². The van der Waals surface area contributed by atoms with Gasteiger partial charge in [-0.1, -0.05) is 20.3 Å². The van der Waals surface area contributed by atoms with E-state index in [2.05, 4.69) is 26.6 Å². The maximum Gasteiger partial charge on any atom is 0.325 e. The second-order valence-electron chi connectivity index (χ2n) is 18.8. The van der Waals surface area contributed by atoms with Crippen LogP contribution in [0.4, 0.5) is 0 Å². The van der Waals surface area contributed by atoms with E-state index in [9.17, 15) is 63.0 Å². The Hall–Kier alpha value is -5.95. The fourth-order valence-corrected chi connectivity index (χ4v) is 8.99. The van der Waals surface area contributed by atoms with E-state index in [1.165, 1.54) is 21.6 Å². The van der Waals surface area contributed by atoms with Gasteiger partial charge in [0.05, 0.1) is 12.5 Å². The van der Waals surface area contributed by atoms with Crippen LogP contribution in [0.15, 0.2) is 0 Å². The topological polar surface area (TPSA) is 402 Å². The molecule has 0 spiro atoms. The van der Waals surface area contributed by atoms with E-state index in [-0.39, 0.29) is 57.1 Å². The molecular formula is C45H76N12O13. The summed E-state index contributed by atoms with van der Waals surface area (Å²) in [5, 5.41) is 31.2. The van der Waals surface area contributed by atoms with Crippen LogP contribution >= 0.6 is 0 Å². The first-order valence-corrected chi connectivity index (χ1v) is 24.4. The van der Waals surface area contributed by atoms with Gasteiger partial charge in [0, 0.05) is 26.1 Å². The number of primary amides is 1. The number of rotatable bonds is 29. The van der Waals surface area contributed by atoms with Crippen LogP contribution in [0.5, 0.6) is 0 Å². The Morgan fingerprint density at radius 3 is 1.59 bits per heavy atom. The number of amides is 9. The van der Waals surface area contributed by atoms with Crippen LogP contribution < -0.4 is 49.5 Å². The Morgan fingerprint density at radius 1 is 0.571 bits per heavy atom. The molecule has 3 rings (SSSR count). The maximum absolute atomic E-state index is 14.4. The Labute approximate surface area is 408 Å². The number of carboxylic acids is 2. The summed E-state index contributed by atoms with van der Waals surface area (Å²) in [4.78, 5) is 150. The maximum atomic E-state index is 14.4. The van der Waals surface area contributed by atoms with Crippen molar-refractivity contribution in [3.05, 3.63) is 0 Å². The molecule has 0 aromatic carbocycles. The Balaban J connectivity index is 1.78. The van der Waals surface area contributed by atoms with E-state index in [0.29, 0.717) is 70.9 Å². The van der Waals surface area contributed by atoms with Gasteiger partial charge < -0.3 is 74.4 Å². The molecule has 394 valence electrons. The number of nitrogens with two attached hydrogens (primary N) is 4. The largest absolute Gasteiger partial charge is 0.481 e. The molecule has 9 amide bonds. The fraction of sp³-hybridized carbons (Fsp3) is 0.756. The number of nitrogens with zero attached hydrogens (tertiary/aromatic N) is 3. The molecule has 70 heavy (non-hydrogen) atoms. The molecule has 0 radical (unpaired) electrons. The van der Waals surface area contributed by atoms with Crippen molar-refractivity contribution in [1.29, 1.82) is 0 Å². The molecule has 25 heteroatoms. The number of nitrogens with one attached hydrogen (secondary N) is 5. The van der Waals surface area contributed by atoms with Gasteiger partial charge in [-0.3, -0.25) is 52.7 Å². The minimum absolute atomic E-state index is 0.00327. The first-order chi connectivity index (χ1) is 33.1. The van der Waals surface area contributed by atoms with Crippen molar-refractivity contribution in [3.63, 3.8) is 0 Å². The molecule has 3 saturated heterocycles. The zero-order chi connectivity index (χ0) is 52.2. The Morgan fingerprint density at radius 2 is 1.04 bits per heavy atom. The third-order valence-electron chi connectivity index (χ3n) is 12.7. The number of hydrogen-bond donors (Lipinski definition) is 11. The van der Waals surface area contributed by atoms with Gasteiger partial charge >= 0.3 is 11.9 Å². The van der Waals surface area contributed by atoms with E-state index in [1.807, 2.05) is 13.8 Å². The summed E-state index contributed by atoms with van der Waals surface area (Å²) in [6, 6.07) is -10.8.